The van der Waals surface area contributed by atoms with E-state index in [1.54, 1.807) is 7.11 Å². The highest BCUT2D eigenvalue weighted by atomic mass is 16.5. The van der Waals surface area contributed by atoms with Gasteiger partial charge in [0.1, 0.15) is 5.75 Å². The molecule has 0 aromatic heterocycles. The molecule has 70 valence electrons. The average molecular weight is 178 g/mol. The minimum atomic E-state index is 0.307. The molecule has 0 bridgehead atoms. The number of ether oxygens (including phenoxy) is 1. The molecule has 1 aromatic carbocycles. The maximum Gasteiger partial charge on any atom is 0.119 e. The summed E-state index contributed by atoms with van der Waals surface area (Å²) < 4.78 is 5.14. The van der Waals surface area contributed by atoms with Crippen LogP contribution >= 0.6 is 0 Å². The molecule has 2 heteroatoms. The lowest BCUT2D eigenvalue weighted by molar-refractivity contribution is 0.274. The summed E-state index contributed by atoms with van der Waals surface area (Å²) in [5, 5.41) is 8.93. The van der Waals surface area contributed by atoms with Gasteiger partial charge in [-0.3, -0.25) is 0 Å². The second-order valence-electron chi connectivity index (χ2n) is 3.56. The van der Waals surface area contributed by atoms with E-state index in [9.17, 15) is 0 Å². The molecule has 1 fully saturated rings. The van der Waals surface area contributed by atoms with Gasteiger partial charge in [0.2, 0.25) is 0 Å². The Morgan fingerprint density at radius 2 is 2.38 bits per heavy atom. The van der Waals surface area contributed by atoms with E-state index in [2.05, 4.69) is 12.1 Å². The molecule has 1 saturated carbocycles. The molecule has 0 amide bonds. The van der Waals surface area contributed by atoms with E-state index in [0.29, 0.717) is 18.4 Å². The second-order valence-corrected chi connectivity index (χ2v) is 3.56. The Hall–Kier alpha value is -1.02. The second kappa shape index (κ2) is 3.38. The van der Waals surface area contributed by atoms with Crippen molar-refractivity contribution in [2.75, 3.05) is 13.7 Å². The SMILES string of the molecule is COc1cccc([C@@H]2C[C@@H]2CO)c1. The molecule has 2 atom stereocenters. The van der Waals surface area contributed by atoms with Gasteiger partial charge in [0.25, 0.3) is 0 Å². The van der Waals surface area contributed by atoms with E-state index in [4.69, 9.17) is 9.84 Å². The molecule has 0 unspecified atom stereocenters. The summed E-state index contributed by atoms with van der Waals surface area (Å²) in [6.45, 7) is 0.307. The van der Waals surface area contributed by atoms with Gasteiger partial charge in [0.15, 0.2) is 0 Å². The predicted molar refractivity (Wildman–Crippen MR) is 50.9 cm³/mol. The lowest BCUT2D eigenvalue weighted by Crippen LogP contribution is -1.89. The standard InChI is InChI=1S/C11H14O2/c1-13-10-4-2-3-8(5-10)11-6-9(11)7-12/h2-5,9,11-12H,6-7H2,1H3/t9-,11+/m1/s1. The molecule has 0 aliphatic heterocycles. The number of rotatable bonds is 3. The quantitative estimate of drug-likeness (QED) is 0.764. The van der Waals surface area contributed by atoms with Crippen molar-refractivity contribution in [3.63, 3.8) is 0 Å². The van der Waals surface area contributed by atoms with E-state index in [-0.39, 0.29) is 0 Å². The zero-order valence-corrected chi connectivity index (χ0v) is 7.73. The molecule has 0 saturated heterocycles. The van der Waals surface area contributed by atoms with Gasteiger partial charge in [0.05, 0.1) is 7.11 Å². The van der Waals surface area contributed by atoms with Crippen molar-refractivity contribution in [1.82, 2.24) is 0 Å². The van der Waals surface area contributed by atoms with Gasteiger partial charge in [0, 0.05) is 6.61 Å². The zero-order chi connectivity index (χ0) is 9.26. The first kappa shape index (κ1) is 8.57. The van der Waals surface area contributed by atoms with Gasteiger partial charge in [-0.15, -0.1) is 0 Å². The summed E-state index contributed by atoms with van der Waals surface area (Å²) in [6.07, 6.45) is 1.11. The molecule has 2 rings (SSSR count). The Bertz CT molecular complexity index is 296. The van der Waals surface area contributed by atoms with Crippen molar-refractivity contribution in [2.45, 2.75) is 12.3 Å². The fourth-order valence-corrected chi connectivity index (χ4v) is 1.73. The van der Waals surface area contributed by atoms with Crippen LogP contribution in [0.25, 0.3) is 0 Å². The fourth-order valence-electron chi connectivity index (χ4n) is 1.73. The van der Waals surface area contributed by atoms with Crippen molar-refractivity contribution in [3.8, 4) is 5.75 Å². The highest BCUT2D eigenvalue weighted by molar-refractivity contribution is 5.33. The molecule has 1 aliphatic carbocycles. The molecule has 1 aliphatic rings. The first-order chi connectivity index (χ1) is 6.35. The summed E-state index contributed by atoms with van der Waals surface area (Å²) in [6, 6.07) is 8.10. The molecular weight excluding hydrogens is 164 g/mol. The molecule has 0 radical (unpaired) electrons. The number of methoxy groups -OCH3 is 1. The Balaban J connectivity index is 2.13. The molecular formula is C11H14O2. The third-order valence-corrected chi connectivity index (χ3v) is 2.68. The van der Waals surface area contributed by atoms with Crippen LogP contribution in [0.1, 0.15) is 17.9 Å². The van der Waals surface area contributed by atoms with Crippen LogP contribution in [0.3, 0.4) is 0 Å². The molecule has 1 aromatic rings. The summed E-state index contributed by atoms with van der Waals surface area (Å²) in [4.78, 5) is 0. The minimum absolute atomic E-state index is 0.307. The Morgan fingerprint density at radius 1 is 1.54 bits per heavy atom. The summed E-state index contributed by atoms with van der Waals surface area (Å²) in [5.74, 6) is 1.94. The minimum Gasteiger partial charge on any atom is -0.497 e. The first-order valence-electron chi connectivity index (χ1n) is 4.60. The number of hydrogen-bond acceptors (Lipinski definition) is 2. The monoisotopic (exact) mass is 178 g/mol. The van der Waals surface area contributed by atoms with Crippen LogP contribution in [-0.2, 0) is 0 Å². The van der Waals surface area contributed by atoms with Crippen molar-refractivity contribution in [3.05, 3.63) is 29.8 Å². The van der Waals surface area contributed by atoms with Gasteiger partial charge in [-0.25, -0.2) is 0 Å². The van der Waals surface area contributed by atoms with Crippen molar-refractivity contribution < 1.29 is 9.84 Å². The smallest absolute Gasteiger partial charge is 0.119 e. The average Bonchev–Trinajstić information content (AvgIpc) is 2.97. The molecule has 0 heterocycles. The number of aliphatic hydroxyl groups excluding tert-OH is 1. The van der Waals surface area contributed by atoms with Gasteiger partial charge >= 0.3 is 0 Å². The van der Waals surface area contributed by atoms with E-state index in [1.807, 2.05) is 12.1 Å². The number of hydrogen-bond donors (Lipinski definition) is 1. The van der Waals surface area contributed by atoms with Gasteiger partial charge in [-0.1, -0.05) is 12.1 Å². The van der Waals surface area contributed by atoms with E-state index >= 15 is 0 Å². The van der Waals surface area contributed by atoms with Crippen molar-refractivity contribution >= 4 is 0 Å². The maximum atomic E-state index is 8.93. The van der Waals surface area contributed by atoms with Crippen LogP contribution < -0.4 is 4.74 Å². The van der Waals surface area contributed by atoms with Crippen LogP contribution in [0.5, 0.6) is 5.75 Å². The van der Waals surface area contributed by atoms with Crippen LogP contribution in [0, 0.1) is 5.92 Å². The Morgan fingerprint density at radius 3 is 3.00 bits per heavy atom. The maximum absolute atomic E-state index is 8.93. The van der Waals surface area contributed by atoms with Crippen LogP contribution in [0.4, 0.5) is 0 Å². The Labute approximate surface area is 78.2 Å². The highest BCUT2D eigenvalue weighted by Gasteiger charge is 2.37. The van der Waals surface area contributed by atoms with Crippen LogP contribution in [0.15, 0.2) is 24.3 Å². The van der Waals surface area contributed by atoms with Gasteiger partial charge in [-0.2, -0.15) is 0 Å². The summed E-state index contributed by atoms with van der Waals surface area (Å²) in [5.41, 5.74) is 1.29. The lowest BCUT2D eigenvalue weighted by atomic mass is 10.1. The summed E-state index contributed by atoms with van der Waals surface area (Å²) >= 11 is 0. The number of benzene rings is 1. The Kier molecular flexibility index (Phi) is 2.23. The van der Waals surface area contributed by atoms with Gasteiger partial charge < -0.3 is 9.84 Å². The molecule has 13 heavy (non-hydrogen) atoms. The van der Waals surface area contributed by atoms with Crippen LogP contribution in [-0.4, -0.2) is 18.8 Å². The number of aliphatic hydroxyl groups is 1. The molecule has 1 N–H and O–H groups in total. The molecule has 0 spiro atoms. The third kappa shape index (κ3) is 1.68. The van der Waals surface area contributed by atoms with Gasteiger partial charge in [-0.05, 0) is 36.0 Å². The van der Waals surface area contributed by atoms with E-state index in [1.165, 1.54) is 5.56 Å². The third-order valence-electron chi connectivity index (χ3n) is 2.68. The van der Waals surface area contributed by atoms with E-state index < -0.39 is 0 Å². The topological polar surface area (TPSA) is 29.5 Å². The van der Waals surface area contributed by atoms with E-state index in [0.717, 1.165) is 12.2 Å². The molecule has 2 nitrogen and oxygen atoms in total. The van der Waals surface area contributed by atoms with Crippen molar-refractivity contribution in [2.24, 2.45) is 5.92 Å². The highest BCUT2D eigenvalue weighted by Crippen LogP contribution is 2.47. The normalized spacial score (nSPS) is 25.7. The predicted octanol–water partition coefficient (Wildman–Crippen LogP) is 1.79. The first-order valence-corrected chi connectivity index (χ1v) is 4.60. The largest absolute Gasteiger partial charge is 0.497 e. The zero-order valence-electron chi connectivity index (χ0n) is 7.73. The van der Waals surface area contributed by atoms with Crippen LogP contribution in [0.2, 0.25) is 0 Å². The summed E-state index contributed by atoms with van der Waals surface area (Å²) in [7, 11) is 1.68. The fraction of sp³-hybridized carbons (Fsp3) is 0.455. The lowest BCUT2D eigenvalue weighted by Gasteiger charge is -2.02. The van der Waals surface area contributed by atoms with Crippen molar-refractivity contribution in [1.29, 1.82) is 0 Å².